The second kappa shape index (κ2) is 7.98. The van der Waals surface area contributed by atoms with Crippen molar-refractivity contribution in [2.75, 3.05) is 13.7 Å². The van der Waals surface area contributed by atoms with Crippen molar-refractivity contribution in [2.24, 2.45) is 0 Å². The van der Waals surface area contributed by atoms with Gasteiger partial charge in [-0.3, -0.25) is 14.5 Å². The fraction of sp³-hybridized carbons (Fsp3) is 0.286. The molecular weight excluding hydrogens is 382 g/mol. The van der Waals surface area contributed by atoms with E-state index in [-0.39, 0.29) is 5.56 Å². The molecule has 1 saturated heterocycles. The molecule has 0 spiro atoms. The monoisotopic (exact) mass is 402 g/mol. The Bertz CT molecular complexity index is 962. The summed E-state index contributed by atoms with van der Waals surface area (Å²) in [4.78, 5) is 38.2. The first-order valence-corrected chi connectivity index (χ1v) is 8.99. The molecule has 1 N–H and O–H groups in total. The van der Waals surface area contributed by atoms with Gasteiger partial charge in [-0.2, -0.15) is 0 Å². The number of methoxy groups -OCH3 is 1. The summed E-state index contributed by atoms with van der Waals surface area (Å²) in [5.74, 6) is -2.73. The molecular formula is C21H20F2N2O4. The van der Waals surface area contributed by atoms with Crippen LogP contribution >= 0.6 is 0 Å². The lowest BCUT2D eigenvalue weighted by molar-refractivity contribution is -0.130. The molecule has 1 atom stereocenters. The molecule has 3 rings (SSSR count). The topological polar surface area (TPSA) is 75.7 Å². The average Bonchev–Trinajstić information content (AvgIpc) is 2.92. The summed E-state index contributed by atoms with van der Waals surface area (Å²) in [6, 6.07) is 9.35. The standard InChI is InChI=1S/C21H20F2N2O4/c1-21(10-9-13-3-6-15(29-2)7-4-13)19(27)25(20(28)24-21)12-18(26)14-5-8-16(22)17(23)11-14/h3-8,11H,9-10,12H2,1-2H3,(H,24,28)/t21-/m0/s1. The number of carbonyl (C=O) groups is 3. The molecule has 0 radical (unpaired) electrons. The van der Waals surface area contributed by atoms with E-state index in [1.807, 2.05) is 12.1 Å². The van der Waals surface area contributed by atoms with Crippen molar-refractivity contribution < 1.29 is 27.9 Å². The third-order valence-electron chi connectivity index (χ3n) is 4.96. The van der Waals surface area contributed by atoms with Crippen LogP contribution in [0, 0.1) is 11.6 Å². The van der Waals surface area contributed by atoms with Crippen molar-refractivity contribution in [3.63, 3.8) is 0 Å². The van der Waals surface area contributed by atoms with E-state index in [4.69, 9.17) is 4.74 Å². The first-order chi connectivity index (χ1) is 13.7. The van der Waals surface area contributed by atoms with Gasteiger partial charge >= 0.3 is 6.03 Å². The first kappa shape index (κ1) is 20.4. The van der Waals surface area contributed by atoms with Gasteiger partial charge in [0.1, 0.15) is 11.3 Å². The summed E-state index contributed by atoms with van der Waals surface area (Å²) >= 11 is 0. The summed E-state index contributed by atoms with van der Waals surface area (Å²) < 4.78 is 31.5. The Morgan fingerprint density at radius 1 is 1.10 bits per heavy atom. The number of ether oxygens (including phenoxy) is 1. The molecule has 0 aliphatic carbocycles. The van der Waals surface area contributed by atoms with E-state index in [1.165, 1.54) is 0 Å². The van der Waals surface area contributed by atoms with Crippen LogP contribution < -0.4 is 10.1 Å². The van der Waals surface area contributed by atoms with Crippen LogP contribution in [-0.2, 0) is 11.2 Å². The van der Waals surface area contributed by atoms with E-state index in [0.29, 0.717) is 18.6 Å². The highest BCUT2D eigenvalue weighted by molar-refractivity contribution is 6.11. The number of urea groups is 1. The minimum atomic E-state index is -1.17. The van der Waals surface area contributed by atoms with E-state index in [9.17, 15) is 23.2 Å². The zero-order valence-corrected chi connectivity index (χ0v) is 16.0. The minimum Gasteiger partial charge on any atom is -0.497 e. The van der Waals surface area contributed by atoms with E-state index < -0.39 is 41.4 Å². The van der Waals surface area contributed by atoms with Crippen molar-refractivity contribution in [2.45, 2.75) is 25.3 Å². The van der Waals surface area contributed by atoms with Crippen LogP contribution in [0.5, 0.6) is 5.75 Å². The molecule has 152 valence electrons. The molecule has 2 aromatic rings. The van der Waals surface area contributed by atoms with E-state index in [0.717, 1.165) is 28.7 Å². The number of halogens is 2. The predicted molar refractivity (Wildman–Crippen MR) is 101 cm³/mol. The van der Waals surface area contributed by atoms with Crippen molar-refractivity contribution in [1.82, 2.24) is 10.2 Å². The van der Waals surface area contributed by atoms with Crippen LogP contribution in [0.1, 0.15) is 29.3 Å². The highest BCUT2D eigenvalue weighted by atomic mass is 19.2. The van der Waals surface area contributed by atoms with E-state index >= 15 is 0 Å². The van der Waals surface area contributed by atoms with Gasteiger partial charge in [0.25, 0.3) is 5.91 Å². The van der Waals surface area contributed by atoms with Crippen molar-refractivity contribution in [1.29, 1.82) is 0 Å². The lowest BCUT2D eigenvalue weighted by atomic mass is 9.93. The number of rotatable bonds is 7. The van der Waals surface area contributed by atoms with Gasteiger partial charge in [-0.05, 0) is 55.7 Å². The number of nitrogens with zero attached hydrogens (tertiary/aromatic N) is 1. The number of hydrogen-bond donors (Lipinski definition) is 1. The zero-order valence-electron chi connectivity index (χ0n) is 16.0. The van der Waals surface area contributed by atoms with Crippen molar-refractivity contribution >= 4 is 17.7 Å². The lowest BCUT2D eigenvalue weighted by Crippen LogP contribution is -2.44. The number of benzene rings is 2. The van der Waals surface area contributed by atoms with Crippen molar-refractivity contribution in [3.05, 3.63) is 65.2 Å². The van der Waals surface area contributed by atoms with Crippen molar-refractivity contribution in [3.8, 4) is 5.75 Å². The van der Waals surface area contributed by atoms with Gasteiger partial charge in [0.2, 0.25) is 0 Å². The Morgan fingerprint density at radius 3 is 2.41 bits per heavy atom. The number of nitrogens with one attached hydrogen (secondary N) is 1. The van der Waals surface area contributed by atoms with Crippen LogP contribution in [0.2, 0.25) is 0 Å². The molecule has 2 aromatic carbocycles. The maximum absolute atomic E-state index is 13.3. The number of imide groups is 1. The fourth-order valence-corrected chi connectivity index (χ4v) is 3.15. The molecule has 0 saturated carbocycles. The SMILES string of the molecule is COc1ccc(CC[C@]2(C)NC(=O)N(CC(=O)c3ccc(F)c(F)c3)C2=O)cc1. The molecule has 6 nitrogen and oxygen atoms in total. The first-order valence-electron chi connectivity index (χ1n) is 8.99. The molecule has 8 heteroatoms. The minimum absolute atomic E-state index is 0.115. The summed E-state index contributed by atoms with van der Waals surface area (Å²) in [5, 5.41) is 2.63. The van der Waals surface area contributed by atoms with Crippen LogP contribution in [0.15, 0.2) is 42.5 Å². The number of Topliss-reactive ketones (excluding diaryl/α,β-unsaturated/α-hetero) is 1. The molecule has 0 bridgehead atoms. The van der Waals surface area contributed by atoms with E-state index in [2.05, 4.69) is 5.32 Å². The molecule has 0 aromatic heterocycles. The van der Waals surface area contributed by atoms with Crippen LogP contribution in [0.4, 0.5) is 13.6 Å². The predicted octanol–water partition coefficient (Wildman–Crippen LogP) is 3.10. The van der Waals surface area contributed by atoms with Gasteiger partial charge < -0.3 is 10.1 Å². The van der Waals surface area contributed by atoms with Crippen LogP contribution in [0.25, 0.3) is 0 Å². The fourth-order valence-electron chi connectivity index (χ4n) is 3.15. The molecule has 29 heavy (non-hydrogen) atoms. The molecule has 3 amide bonds. The Balaban J connectivity index is 1.67. The van der Waals surface area contributed by atoms with Gasteiger partial charge in [0.05, 0.1) is 13.7 Å². The Hall–Kier alpha value is -3.29. The van der Waals surface area contributed by atoms with E-state index in [1.54, 1.807) is 26.2 Å². The van der Waals surface area contributed by atoms with Gasteiger partial charge in [-0.25, -0.2) is 13.6 Å². The number of ketones is 1. The second-order valence-corrected chi connectivity index (χ2v) is 7.05. The van der Waals surface area contributed by atoms with Gasteiger partial charge in [-0.1, -0.05) is 12.1 Å². The Kier molecular flexibility index (Phi) is 5.63. The summed E-state index contributed by atoms with van der Waals surface area (Å²) in [7, 11) is 1.57. The molecule has 1 aliphatic heterocycles. The largest absolute Gasteiger partial charge is 0.497 e. The highest BCUT2D eigenvalue weighted by Crippen LogP contribution is 2.24. The third-order valence-corrected chi connectivity index (χ3v) is 4.96. The lowest BCUT2D eigenvalue weighted by Gasteiger charge is -2.21. The molecule has 1 aliphatic rings. The maximum atomic E-state index is 13.3. The Labute approximate surface area is 166 Å². The summed E-state index contributed by atoms with van der Waals surface area (Å²) in [6.07, 6.45) is 0.858. The highest BCUT2D eigenvalue weighted by Gasteiger charge is 2.47. The summed E-state index contributed by atoms with van der Waals surface area (Å²) in [5.41, 5.74) is -0.313. The molecule has 1 fully saturated rings. The van der Waals surface area contributed by atoms with Gasteiger partial charge in [0, 0.05) is 5.56 Å². The smallest absolute Gasteiger partial charge is 0.325 e. The molecule has 0 unspecified atom stereocenters. The number of aryl methyl sites for hydroxylation is 1. The Morgan fingerprint density at radius 2 is 1.79 bits per heavy atom. The molecule has 1 heterocycles. The van der Waals surface area contributed by atoms with Crippen LogP contribution in [-0.4, -0.2) is 41.8 Å². The second-order valence-electron chi connectivity index (χ2n) is 7.05. The average molecular weight is 402 g/mol. The quantitative estimate of drug-likeness (QED) is 0.570. The zero-order chi connectivity index (χ0) is 21.2. The maximum Gasteiger partial charge on any atom is 0.325 e. The van der Waals surface area contributed by atoms with Gasteiger partial charge in [-0.15, -0.1) is 0 Å². The number of hydrogen-bond acceptors (Lipinski definition) is 4. The van der Waals surface area contributed by atoms with Gasteiger partial charge in [0.15, 0.2) is 17.4 Å². The summed E-state index contributed by atoms with van der Waals surface area (Å²) in [6.45, 7) is 1.05. The number of amides is 3. The van der Waals surface area contributed by atoms with Crippen LogP contribution in [0.3, 0.4) is 0 Å². The third kappa shape index (κ3) is 4.26. The number of carbonyl (C=O) groups excluding carboxylic acids is 3. The normalized spacial score (nSPS) is 18.7.